The first-order chi connectivity index (χ1) is 18.8. The number of nitrogens with zero attached hydrogens (tertiary/aromatic N) is 2. The molecule has 4 aromatic rings. The van der Waals surface area contributed by atoms with Gasteiger partial charge in [-0.3, -0.25) is 9.36 Å². The number of furan rings is 1. The SMILES string of the molecule is CCOC(=O)C1=C(C)N=c2sc(=Cc3ccc(-c4cc(Cl)ccc4Cl)o3)c(=O)n2C1c1ccc2c(c1)OCO2. The van der Waals surface area contributed by atoms with Gasteiger partial charge >= 0.3 is 5.97 Å². The zero-order chi connectivity index (χ0) is 27.3. The Balaban J connectivity index is 1.48. The van der Waals surface area contributed by atoms with Gasteiger partial charge in [0.2, 0.25) is 6.79 Å². The minimum Gasteiger partial charge on any atom is -0.463 e. The molecule has 2 aliphatic heterocycles. The van der Waals surface area contributed by atoms with E-state index < -0.39 is 12.0 Å². The zero-order valence-corrected chi connectivity index (χ0v) is 23.0. The molecule has 0 fully saturated rings. The lowest BCUT2D eigenvalue weighted by Crippen LogP contribution is -2.39. The summed E-state index contributed by atoms with van der Waals surface area (Å²) in [5, 5.41) is 1.02. The van der Waals surface area contributed by atoms with Crippen LogP contribution in [-0.4, -0.2) is 23.9 Å². The van der Waals surface area contributed by atoms with Crippen molar-refractivity contribution >= 4 is 46.6 Å². The van der Waals surface area contributed by atoms with Crippen LogP contribution in [0.3, 0.4) is 0 Å². The Labute approximate surface area is 236 Å². The van der Waals surface area contributed by atoms with Gasteiger partial charge in [-0.05, 0) is 61.9 Å². The quantitative estimate of drug-likeness (QED) is 0.304. The molecule has 1 atom stereocenters. The molecule has 0 spiro atoms. The molecule has 0 bridgehead atoms. The molecule has 2 aromatic carbocycles. The number of carbonyl (C=O) groups excluding carboxylic acids is 1. The zero-order valence-electron chi connectivity index (χ0n) is 20.7. The molecule has 8 nitrogen and oxygen atoms in total. The molecule has 0 radical (unpaired) electrons. The molecule has 0 saturated heterocycles. The number of benzene rings is 2. The van der Waals surface area contributed by atoms with E-state index in [1.165, 1.54) is 15.9 Å². The number of ether oxygens (including phenoxy) is 3. The summed E-state index contributed by atoms with van der Waals surface area (Å²) in [5.41, 5.74) is 1.74. The van der Waals surface area contributed by atoms with Crippen LogP contribution in [0, 0.1) is 0 Å². The van der Waals surface area contributed by atoms with Crippen molar-refractivity contribution in [2.45, 2.75) is 19.9 Å². The maximum absolute atomic E-state index is 13.8. The molecule has 0 aliphatic carbocycles. The van der Waals surface area contributed by atoms with Gasteiger partial charge in [0.1, 0.15) is 11.5 Å². The summed E-state index contributed by atoms with van der Waals surface area (Å²) >= 11 is 13.7. The third-order valence-corrected chi connectivity index (χ3v) is 7.87. The van der Waals surface area contributed by atoms with Crippen molar-refractivity contribution in [3.63, 3.8) is 0 Å². The number of allylic oxidation sites excluding steroid dienone is 1. The van der Waals surface area contributed by atoms with Crippen LogP contribution in [-0.2, 0) is 9.53 Å². The molecule has 0 amide bonds. The summed E-state index contributed by atoms with van der Waals surface area (Å²) in [6.45, 7) is 3.75. The van der Waals surface area contributed by atoms with E-state index in [2.05, 4.69) is 4.99 Å². The monoisotopic (exact) mass is 582 g/mol. The Morgan fingerprint density at radius 3 is 2.79 bits per heavy atom. The minimum absolute atomic E-state index is 0.104. The molecule has 0 saturated carbocycles. The van der Waals surface area contributed by atoms with Gasteiger partial charge in [0.25, 0.3) is 5.56 Å². The van der Waals surface area contributed by atoms with Gasteiger partial charge in [-0.2, -0.15) is 0 Å². The van der Waals surface area contributed by atoms with Gasteiger partial charge in [-0.1, -0.05) is 40.6 Å². The fraction of sp³-hybridized carbons (Fsp3) is 0.179. The summed E-state index contributed by atoms with van der Waals surface area (Å²) in [4.78, 5) is 31.9. The van der Waals surface area contributed by atoms with Crippen molar-refractivity contribution < 1.29 is 23.4 Å². The van der Waals surface area contributed by atoms with E-state index in [-0.39, 0.29) is 24.5 Å². The Bertz CT molecular complexity index is 1850. The van der Waals surface area contributed by atoms with Crippen LogP contribution >= 0.6 is 34.5 Å². The predicted octanol–water partition coefficient (Wildman–Crippen LogP) is 5.09. The average molecular weight is 583 g/mol. The Kier molecular flexibility index (Phi) is 6.58. The number of aromatic nitrogens is 1. The Hall–Kier alpha value is -3.79. The second-order valence-corrected chi connectivity index (χ2v) is 10.6. The summed E-state index contributed by atoms with van der Waals surface area (Å²) < 4.78 is 24.2. The van der Waals surface area contributed by atoms with Crippen LogP contribution in [0.4, 0.5) is 0 Å². The van der Waals surface area contributed by atoms with Gasteiger partial charge in [0.15, 0.2) is 16.3 Å². The van der Waals surface area contributed by atoms with Crippen LogP contribution in [0.25, 0.3) is 17.4 Å². The van der Waals surface area contributed by atoms with E-state index in [4.69, 9.17) is 41.8 Å². The standard InChI is InChI=1S/C28H20Cl2N2O6S/c1-3-35-27(34)24-14(2)31-28-32(25(24)15-4-8-21-22(10-15)37-13-36-21)26(33)23(39-28)12-17-6-9-20(38-17)18-11-16(29)5-7-19(18)30/h4-12,25H,3,13H2,1-2H3. The van der Waals surface area contributed by atoms with Crippen LogP contribution in [0.1, 0.15) is 31.2 Å². The van der Waals surface area contributed by atoms with E-state index in [0.29, 0.717) is 59.2 Å². The van der Waals surface area contributed by atoms with Crippen molar-refractivity contribution in [2.24, 2.45) is 4.99 Å². The third-order valence-electron chi connectivity index (χ3n) is 6.32. The van der Waals surface area contributed by atoms with E-state index in [1.807, 2.05) is 0 Å². The molecule has 2 aromatic heterocycles. The van der Waals surface area contributed by atoms with Crippen molar-refractivity contribution in [1.29, 1.82) is 0 Å². The van der Waals surface area contributed by atoms with E-state index in [1.54, 1.807) is 68.5 Å². The normalized spacial score (nSPS) is 16.3. The largest absolute Gasteiger partial charge is 0.463 e. The van der Waals surface area contributed by atoms with Gasteiger partial charge in [0, 0.05) is 16.7 Å². The molecule has 39 heavy (non-hydrogen) atoms. The Morgan fingerprint density at radius 1 is 1.15 bits per heavy atom. The fourth-order valence-corrected chi connectivity index (χ4v) is 5.99. The van der Waals surface area contributed by atoms with E-state index in [0.717, 1.165) is 0 Å². The highest BCUT2D eigenvalue weighted by molar-refractivity contribution is 7.07. The smallest absolute Gasteiger partial charge is 0.338 e. The highest BCUT2D eigenvalue weighted by atomic mass is 35.5. The molecule has 2 aliphatic rings. The van der Waals surface area contributed by atoms with E-state index >= 15 is 0 Å². The molecule has 11 heteroatoms. The molecule has 6 rings (SSSR count). The lowest BCUT2D eigenvalue weighted by molar-refractivity contribution is -0.139. The molecule has 4 heterocycles. The van der Waals surface area contributed by atoms with Crippen LogP contribution < -0.4 is 24.4 Å². The van der Waals surface area contributed by atoms with Crippen molar-refractivity contribution in [3.8, 4) is 22.8 Å². The van der Waals surface area contributed by atoms with Gasteiger partial charge in [-0.25, -0.2) is 9.79 Å². The van der Waals surface area contributed by atoms with Gasteiger partial charge in [-0.15, -0.1) is 0 Å². The number of fused-ring (bicyclic) bond motifs is 2. The third kappa shape index (κ3) is 4.56. The number of halogens is 2. The van der Waals surface area contributed by atoms with Gasteiger partial charge < -0.3 is 18.6 Å². The highest BCUT2D eigenvalue weighted by Gasteiger charge is 2.34. The molecule has 1 unspecified atom stereocenters. The maximum Gasteiger partial charge on any atom is 0.338 e. The maximum atomic E-state index is 13.8. The van der Waals surface area contributed by atoms with E-state index in [9.17, 15) is 9.59 Å². The summed E-state index contributed by atoms with van der Waals surface area (Å²) in [5.74, 6) is 1.56. The minimum atomic E-state index is -0.769. The molecular weight excluding hydrogens is 563 g/mol. The lowest BCUT2D eigenvalue weighted by atomic mass is 9.95. The lowest BCUT2D eigenvalue weighted by Gasteiger charge is -2.24. The van der Waals surface area contributed by atoms with Crippen LogP contribution in [0.15, 0.2) is 74.0 Å². The van der Waals surface area contributed by atoms with Crippen molar-refractivity contribution in [1.82, 2.24) is 4.57 Å². The summed E-state index contributed by atoms with van der Waals surface area (Å²) in [6.07, 6.45) is 1.64. The number of carbonyl (C=O) groups is 1. The summed E-state index contributed by atoms with van der Waals surface area (Å²) in [7, 11) is 0. The van der Waals surface area contributed by atoms with Crippen LogP contribution in [0.5, 0.6) is 11.5 Å². The second-order valence-electron chi connectivity index (χ2n) is 8.74. The number of thiazole rings is 1. The van der Waals surface area contributed by atoms with Crippen molar-refractivity contribution in [2.75, 3.05) is 13.4 Å². The number of hydrogen-bond acceptors (Lipinski definition) is 8. The van der Waals surface area contributed by atoms with Gasteiger partial charge in [0.05, 0.1) is 33.5 Å². The number of esters is 1. The topological polar surface area (TPSA) is 92.3 Å². The second kappa shape index (κ2) is 10.1. The fourth-order valence-electron chi connectivity index (χ4n) is 4.58. The molecule has 0 N–H and O–H groups in total. The first-order valence-corrected chi connectivity index (χ1v) is 13.6. The van der Waals surface area contributed by atoms with Crippen molar-refractivity contribution in [3.05, 3.63) is 101 Å². The van der Waals surface area contributed by atoms with Crippen LogP contribution in [0.2, 0.25) is 10.0 Å². The molecular formula is C28H20Cl2N2O6S. The first kappa shape index (κ1) is 25.5. The average Bonchev–Trinajstić information content (AvgIpc) is 3.64. The highest BCUT2D eigenvalue weighted by Crippen LogP contribution is 2.38. The summed E-state index contributed by atoms with van der Waals surface area (Å²) in [6, 6.07) is 13.2. The number of rotatable bonds is 5. The Morgan fingerprint density at radius 2 is 1.97 bits per heavy atom. The predicted molar refractivity (Wildman–Crippen MR) is 147 cm³/mol. The number of hydrogen-bond donors (Lipinski definition) is 0. The first-order valence-electron chi connectivity index (χ1n) is 12.0. The molecule has 198 valence electrons.